The van der Waals surface area contributed by atoms with Gasteiger partial charge in [-0.05, 0) is 41.1 Å². The van der Waals surface area contributed by atoms with Crippen molar-refractivity contribution in [1.82, 2.24) is 20.2 Å². The van der Waals surface area contributed by atoms with E-state index in [0.717, 1.165) is 0 Å². The highest BCUT2D eigenvalue weighted by atomic mass is 32.2. The minimum Gasteiger partial charge on any atom is -0.542 e. The van der Waals surface area contributed by atoms with Gasteiger partial charge in [-0.15, -0.1) is 10.2 Å². The number of primary sulfonamides is 1. The second kappa shape index (κ2) is 13.1. The Morgan fingerprint density at radius 1 is 1.07 bits per heavy atom. The van der Waals surface area contributed by atoms with Gasteiger partial charge in [-0.25, -0.2) is 13.6 Å². The number of nitrogens with one attached hydrogen (secondary N) is 1. The lowest BCUT2D eigenvalue weighted by Crippen LogP contribution is -2.47. The third kappa shape index (κ3) is 7.87. The maximum absolute atomic E-state index is 13.6. The molecule has 0 spiro atoms. The first-order valence-corrected chi connectivity index (χ1v) is 14.4. The first-order chi connectivity index (χ1) is 21.6. The van der Waals surface area contributed by atoms with Crippen molar-refractivity contribution in [2.75, 3.05) is 5.32 Å². The molecule has 1 aliphatic rings. The minimum absolute atomic E-state index is 0.00293. The van der Waals surface area contributed by atoms with Gasteiger partial charge in [-0.3, -0.25) is 15.9 Å². The van der Waals surface area contributed by atoms with Crippen molar-refractivity contribution in [2.24, 2.45) is 16.0 Å². The number of amidine groups is 1. The predicted octanol–water partition coefficient (Wildman–Crippen LogP) is -1.05. The first kappa shape index (κ1) is 33.2. The number of aromatic nitrogens is 4. The van der Waals surface area contributed by atoms with Gasteiger partial charge in [0.15, 0.2) is 6.33 Å². The number of rotatable bonds is 8. The van der Waals surface area contributed by atoms with Gasteiger partial charge in [0.25, 0.3) is 11.7 Å². The average Bonchev–Trinajstić information content (AvgIpc) is 3.68. The van der Waals surface area contributed by atoms with Crippen LogP contribution in [0.5, 0.6) is 0 Å². The Morgan fingerprint density at radius 2 is 1.74 bits per heavy atom. The first-order valence-electron chi connectivity index (χ1n) is 12.9. The maximum Gasteiger partial charge on any atom is 0.430 e. The molecule has 2 heterocycles. The minimum atomic E-state index is -5.19. The molecule has 240 valence electrons. The van der Waals surface area contributed by atoms with Crippen molar-refractivity contribution in [3.05, 3.63) is 90.3 Å². The number of hydrogen-bond acceptors (Lipinski definition) is 10. The summed E-state index contributed by atoms with van der Waals surface area (Å²) in [5.74, 6) is -3.34. The normalized spacial score (nSPS) is 16.0. The zero-order valence-electron chi connectivity index (χ0n) is 23.4. The van der Waals surface area contributed by atoms with Crippen molar-refractivity contribution < 1.29 is 46.5 Å². The van der Waals surface area contributed by atoms with Crippen LogP contribution in [0.15, 0.2) is 89.2 Å². The summed E-state index contributed by atoms with van der Waals surface area (Å²) in [7, 11) is -3.92. The van der Waals surface area contributed by atoms with E-state index in [1.165, 1.54) is 17.2 Å². The Bertz CT molecular complexity index is 1900. The summed E-state index contributed by atoms with van der Waals surface area (Å²) >= 11 is 0. The number of halogens is 3. The van der Waals surface area contributed by atoms with E-state index >= 15 is 0 Å². The molecule has 19 heteroatoms. The zero-order valence-corrected chi connectivity index (χ0v) is 24.2. The van der Waals surface area contributed by atoms with Gasteiger partial charge in [0, 0.05) is 23.2 Å². The third-order valence-corrected chi connectivity index (χ3v) is 7.36. The fourth-order valence-corrected chi connectivity index (χ4v) is 4.97. The Morgan fingerprint density at radius 3 is 2.33 bits per heavy atom. The van der Waals surface area contributed by atoms with E-state index in [1.807, 2.05) is 6.07 Å². The summed E-state index contributed by atoms with van der Waals surface area (Å²) in [6, 6.07) is 20.2. The highest BCUT2D eigenvalue weighted by Gasteiger charge is 2.48. The number of hydrogen-bond donors (Lipinski definition) is 4. The smallest absolute Gasteiger partial charge is 0.430 e. The number of amides is 1. The fraction of sp³-hybridized carbons (Fsp3) is 0.148. The van der Waals surface area contributed by atoms with E-state index in [4.69, 9.17) is 31.0 Å². The predicted molar refractivity (Wildman–Crippen MR) is 152 cm³/mol. The molecule has 1 aliphatic heterocycles. The van der Waals surface area contributed by atoms with Crippen LogP contribution in [-0.4, -0.2) is 63.8 Å². The van der Waals surface area contributed by atoms with Crippen LogP contribution in [-0.2, 0) is 31.0 Å². The molecule has 5 rings (SSSR count). The lowest BCUT2D eigenvalue weighted by molar-refractivity contribution is -0.344. The number of aliphatic carboxylic acids is 1. The van der Waals surface area contributed by atoms with Crippen molar-refractivity contribution in [3.8, 4) is 11.1 Å². The maximum atomic E-state index is 13.6. The SMILES string of the molecule is NC(=[NH2+])c1cccc(C2=NOC(Cn3ncnn3)(C(=O)Nc3ccc(-c4ccccc4S(N)(=O)=O)cc3)C2)c1.O=C([O-])C(F)(F)F. The number of tetrazole rings is 1. The van der Waals surface area contributed by atoms with E-state index in [2.05, 4.69) is 25.9 Å². The highest BCUT2D eigenvalue weighted by Crippen LogP contribution is 2.32. The summed E-state index contributed by atoms with van der Waals surface area (Å²) < 4.78 is 55.5. The Balaban J connectivity index is 0.000000617. The average molecular weight is 660 g/mol. The van der Waals surface area contributed by atoms with Gasteiger partial charge >= 0.3 is 6.18 Å². The van der Waals surface area contributed by atoms with E-state index in [0.29, 0.717) is 33.7 Å². The number of carboxylic acids is 1. The molecule has 1 atom stereocenters. The number of anilines is 1. The van der Waals surface area contributed by atoms with Crippen molar-refractivity contribution in [2.45, 2.75) is 29.6 Å². The van der Waals surface area contributed by atoms with Crippen LogP contribution in [0.4, 0.5) is 18.9 Å². The Kier molecular flexibility index (Phi) is 9.47. The molecule has 0 bridgehead atoms. The van der Waals surface area contributed by atoms with Crippen LogP contribution in [0.3, 0.4) is 0 Å². The van der Waals surface area contributed by atoms with Gasteiger partial charge in [-0.2, -0.15) is 18.0 Å². The summed E-state index contributed by atoms with van der Waals surface area (Å²) in [6.07, 6.45) is -3.84. The molecule has 4 aromatic rings. The molecule has 1 amide bonds. The highest BCUT2D eigenvalue weighted by molar-refractivity contribution is 7.89. The van der Waals surface area contributed by atoms with Gasteiger partial charge in [0.2, 0.25) is 15.6 Å². The van der Waals surface area contributed by atoms with Gasteiger partial charge < -0.3 is 20.1 Å². The summed E-state index contributed by atoms with van der Waals surface area (Å²) in [4.78, 5) is 29.4. The summed E-state index contributed by atoms with van der Waals surface area (Å²) in [5, 5.41) is 38.5. The van der Waals surface area contributed by atoms with Crippen LogP contribution < -0.4 is 26.7 Å². The second-order valence-corrected chi connectivity index (χ2v) is 11.2. The number of nitrogens with zero attached hydrogens (tertiary/aromatic N) is 5. The van der Waals surface area contributed by atoms with Crippen LogP contribution in [0, 0.1) is 0 Å². The number of oxime groups is 1. The third-order valence-electron chi connectivity index (χ3n) is 6.39. The molecule has 46 heavy (non-hydrogen) atoms. The number of benzene rings is 3. The van der Waals surface area contributed by atoms with E-state index < -0.39 is 33.7 Å². The molecule has 7 N–H and O–H groups in total. The van der Waals surface area contributed by atoms with Crippen LogP contribution in [0.25, 0.3) is 11.1 Å². The number of sulfonamides is 1. The van der Waals surface area contributed by atoms with E-state index in [1.54, 1.807) is 60.7 Å². The van der Waals surface area contributed by atoms with Crippen LogP contribution >= 0.6 is 0 Å². The van der Waals surface area contributed by atoms with Crippen LogP contribution in [0.1, 0.15) is 17.5 Å². The summed E-state index contributed by atoms with van der Waals surface area (Å²) in [5.41, 5.74) is 7.59. The number of carboxylic acid groups (broad SMARTS) is 1. The van der Waals surface area contributed by atoms with Gasteiger partial charge in [0.1, 0.15) is 12.5 Å². The Hall–Kier alpha value is -5.69. The largest absolute Gasteiger partial charge is 0.542 e. The van der Waals surface area contributed by atoms with E-state index in [9.17, 15) is 26.4 Å². The van der Waals surface area contributed by atoms with Crippen molar-refractivity contribution in [1.29, 1.82) is 0 Å². The number of carbonyl (C=O) groups excluding carboxylic acids is 2. The number of carbonyl (C=O) groups is 2. The molecule has 1 unspecified atom stereocenters. The second-order valence-electron chi connectivity index (χ2n) is 9.66. The topological polar surface area (TPSA) is 246 Å². The molecule has 3 aromatic carbocycles. The molecule has 1 aromatic heterocycles. The van der Waals surface area contributed by atoms with Crippen LogP contribution in [0.2, 0.25) is 0 Å². The standard InChI is InChI=1S/C25H23N9O4S.C2HF3O2/c26-23(27)18-5-3-4-17(12-18)21-13-25(38-32-21,14-34-30-15-29-33-34)24(35)31-19-10-8-16(9-11-19)20-6-1-2-7-22(20)39(28,36)37;3-2(4,5)1(6)7/h1-12,15H,13-14H2,(H3,26,27)(H,31,35)(H2,28,36,37);(H,6,7). The monoisotopic (exact) mass is 659 g/mol. The molecule has 0 saturated carbocycles. The van der Waals surface area contributed by atoms with Gasteiger partial charge in [0.05, 0.1) is 16.2 Å². The van der Waals surface area contributed by atoms with Gasteiger partial charge in [-0.1, -0.05) is 47.6 Å². The molecule has 0 fully saturated rings. The zero-order chi connectivity index (χ0) is 33.7. The quantitative estimate of drug-likeness (QED) is 0.132. The fourth-order valence-electron chi connectivity index (χ4n) is 4.21. The molecule has 0 saturated heterocycles. The lowest BCUT2D eigenvalue weighted by atomic mass is 9.92. The number of alkyl halides is 3. The van der Waals surface area contributed by atoms with Crippen molar-refractivity contribution in [3.63, 3.8) is 0 Å². The molecule has 0 aliphatic carbocycles. The molecular formula is C27H24F3N9O6S. The summed E-state index contributed by atoms with van der Waals surface area (Å²) in [6.45, 7) is -0.0590. The van der Waals surface area contributed by atoms with E-state index in [-0.39, 0.29) is 23.7 Å². The lowest BCUT2D eigenvalue weighted by Gasteiger charge is -2.24. The molecule has 15 nitrogen and oxygen atoms in total. The Labute approximate surface area is 258 Å². The van der Waals surface area contributed by atoms with Crippen molar-refractivity contribution >= 4 is 39.1 Å². The molecule has 0 radical (unpaired) electrons. The molecular weight excluding hydrogens is 635 g/mol. The number of nitrogens with two attached hydrogens (primary N) is 3.